The highest BCUT2D eigenvalue weighted by molar-refractivity contribution is 7.09. The number of nitro groups is 1. The van der Waals surface area contributed by atoms with Gasteiger partial charge in [0, 0.05) is 29.3 Å². The molecule has 0 saturated heterocycles. The van der Waals surface area contributed by atoms with E-state index in [0.717, 1.165) is 10.7 Å². The van der Waals surface area contributed by atoms with Crippen LogP contribution in [0.5, 0.6) is 0 Å². The highest BCUT2D eigenvalue weighted by atomic mass is 32.1. The van der Waals surface area contributed by atoms with E-state index >= 15 is 0 Å². The number of amides is 1. The Hall–Kier alpha value is -2.54. The zero-order chi connectivity index (χ0) is 14.5. The van der Waals surface area contributed by atoms with Gasteiger partial charge in [0.1, 0.15) is 0 Å². The topological polar surface area (TPSA) is 85.1 Å². The van der Waals surface area contributed by atoms with Gasteiger partial charge in [-0.15, -0.1) is 11.3 Å². The number of carbonyl (C=O) groups is 1. The van der Waals surface area contributed by atoms with Crippen molar-refractivity contribution in [3.8, 4) is 0 Å². The fourth-order valence-electron chi connectivity index (χ4n) is 1.47. The fraction of sp³-hybridized carbons (Fsp3) is 0.0769. The molecule has 0 unspecified atom stereocenters. The van der Waals surface area contributed by atoms with Crippen LogP contribution >= 0.6 is 11.3 Å². The lowest BCUT2D eigenvalue weighted by Gasteiger charge is -2.00. The molecule has 0 bridgehead atoms. The minimum absolute atomic E-state index is 0.0171. The van der Waals surface area contributed by atoms with Gasteiger partial charge in [-0.05, 0) is 25.1 Å². The van der Waals surface area contributed by atoms with Gasteiger partial charge in [-0.3, -0.25) is 14.9 Å². The van der Waals surface area contributed by atoms with E-state index in [1.807, 2.05) is 12.3 Å². The van der Waals surface area contributed by atoms with Crippen molar-refractivity contribution in [3.05, 3.63) is 56.5 Å². The first-order valence-electron chi connectivity index (χ1n) is 5.70. The summed E-state index contributed by atoms with van der Waals surface area (Å²) >= 11 is 1.51. The molecule has 6 nitrogen and oxygen atoms in total. The molecule has 0 aliphatic rings. The molecule has 0 radical (unpaired) electrons. The van der Waals surface area contributed by atoms with Gasteiger partial charge in [-0.25, -0.2) is 4.98 Å². The predicted molar refractivity (Wildman–Crippen MR) is 77.6 cm³/mol. The average Bonchev–Trinajstić information content (AvgIpc) is 2.83. The Bertz CT molecular complexity index is 662. The van der Waals surface area contributed by atoms with Crippen LogP contribution in [0.15, 0.2) is 35.7 Å². The fourth-order valence-corrected chi connectivity index (χ4v) is 2.05. The van der Waals surface area contributed by atoms with E-state index in [-0.39, 0.29) is 11.6 Å². The maximum absolute atomic E-state index is 11.7. The SMILES string of the molecule is Cc1nc(C=CC(=O)Nc2ccc([N+](=O)[O-])cc2)cs1. The lowest BCUT2D eigenvalue weighted by Crippen LogP contribution is -2.07. The van der Waals surface area contributed by atoms with Gasteiger partial charge in [-0.2, -0.15) is 0 Å². The summed E-state index contributed by atoms with van der Waals surface area (Å²) in [6.07, 6.45) is 2.99. The summed E-state index contributed by atoms with van der Waals surface area (Å²) in [6, 6.07) is 5.64. The Morgan fingerprint density at radius 2 is 2.10 bits per heavy atom. The molecule has 0 spiro atoms. The van der Waals surface area contributed by atoms with Crippen LogP contribution in [0.25, 0.3) is 6.08 Å². The van der Waals surface area contributed by atoms with Crippen molar-refractivity contribution < 1.29 is 9.72 Å². The molecule has 102 valence electrons. The van der Waals surface area contributed by atoms with Crippen molar-refractivity contribution in [3.63, 3.8) is 0 Å². The zero-order valence-corrected chi connectivity index (χ0v) is 11.4. The molecular weight excluding hydrogens is 278 g/mol. The molecule has 1 aromatic heterocycles. The molecule has 2 rings (SSSR count). The summed E-state index contributed by atoms with van der Waals surface area (Å²) < 4.78 is 0. The molecule has 1 aromatic carbocycles. The van der Waals surface area contributed by atoms with Crippen molar-refractivity contribution in [2.45, 2.75) is 6.92 Å². The summed E-state index contributed by atoms with van der Waals surface area (Å²) in [5, 5.41) is 15.9. The van der Waals surface area contributed by atoms with Gasteiger partial charge >= 0.3 is 0 Å². The van der Waals surface area contributed by atoms with Crippen molar-refractivity contribution in [2.24, 2.45) is 0 Å². The average molecular weight is 289 g/mol. The monoisotopic (exact) mass is 289 g/mol. The molecule has 0 fully saturated rings. The highest BCUT2D eigenvalue weighted by Crippen LogP contribution is 2.15. The van der Waals surface area contributed by atoms with Crippen molar-refractivity contribution in [1.82, 2.24) is 4.98 Å². The lowest BCUT2D eigenvalue weighted by molar-refractivity contribution is -0.384. The summed E-state index contributed by atoms with van der Waals surface area (Å²) in [4.78, 5) is 25.9. The van der Waals surface area contributed by atoms with E-state index in [1.165, 1.54) is 41.7 Å². The van der Waals surface area contributed by atoms with Crippen LogP contribution in [0.4, 0.5) is 11.4 Å². The number of anilines is 1. The second-order valence-corrected chi connectivity index (χ2v) is 4.98. The number of non-ortho nitro benzene ring substituents is 1. The predicted octanol–water partition coefficient (Wildman–Crippen LogP) is 3.01. The Labute approximate surface area is 118 Å². The van der Waals surface area contributed by atoms with E-state index in [4.69, 9.17) is 0 Å². The number of hydrogen-bond acceptors (Lipinski definition) is 5. The molecule has 0 saturated carbocycles. The van der Waals surface area contributed by atoms with Gasteiger partial charge in [0.2, 0.25) is 5.91 Å². The Kier molecular flexibility index (Phi) is 4.21. The zero-order valence-electron chi connectivity index (χ0n) is 10.6. The van der Waals surface area contributed by atoms with E-state index in [1.54, 1.807) is 6.08 Å². The number of benzene rings is 1. The molecule has 20 heavy (non-hydrogen) atoms. The third kappa shape index (κ3) is 3.72. The summed E-state index contributed by atoms with van der Waals surface area (Å²) in [5.74, 6) is -0.315. The number of rotatable bonds is 4. The standard InChI is InChI=1S/C13H11N3O3S/c1-9-14-11(8-20-9)4-7-13(17)15-10-2-5-12(6-3-10)16(18)19/h2-8H,1H3,(H,15,17). The molecular formula is C13H11N3O3S. The third-order valence-corrected chi connectivity index (χ3v) is 3.18. The second kappa shape index (κ2) is 6.07. The molecule has 0 atom stereocenters. The van der Waals surface area contributed by atoms with Crippen LogP contribution < -0.4 is 5.32 Å². The van der Waals surface area contributed by atoms with Crippen LogP contribution in [0.1, 0.15) is 10.7 Å². The van der Waals surface area contributed by atoms with E-state index < -0.39 is 4.92 Å². The molecule has 2 aromatic rings. The minimum atomic E-state index is -0.490. The lowest BCUT2D eigenvalue weighted by atomic mass is 10.3. The van der Waals surface area contributed by atoms with Crippen molar-refractivity contribution in [1.29, 1.82) is 0 Å². The molecule has 1 amide bonds. The number of nitrogens with one attached hydrogen (secondary N) is 1. The maximum Gasteiger partial charge on any atom is 0.269 e. The number of aromatic nitrogens is 1. The number of aryl methyl sites for hydroxylation is 1. The smallest absolute Gasteiger partial charge is 0.269 e. The van der Waals surface area contributed by atoms with Gasteiger partial charge in [-0.1, -0.05) is 0 Å². The number of carbonyl (C=O) groups excluding carboxylic acids is 1. The highest BCUT2D eigenvalue weighted by Gasteiger charge is 2.05. The third-order valence-electron chi connectivity index (χ3n) is 2.39. The van der Waals surface area contributed by atoms with Crippen LogP contribution in [0, 0.1) is 17.0 Å². The normalized spacial score (nSPS) is 10.7. The van der Waals surface area contributed by atoms with Crippen LogP contribution in [-0.2, 0) is 4.79 Å². The molecule has 0 aliphatic heterocycles. The number of thiazole rings is 1. The Morgan fingerprint density at radius 3 is 2.65 bits per heavy atom. The maximum atomic E-state index is 11.7. The Morgan fingerprint density at radius 1 is 1.40 bits per heavy atom. The quantitative estimate of drug-likeness (QED) is 0.532. The first-order valence-corrected chi connectivity index (χ1v) is 6.58. The molecule has 7 heteroatoms. The molecule has 1 heterocycles. The molecule has 0 aliphatic carbocycles. The first kappa shape index (κ1) is 13.9. The van der Waals surface area contributed by atoms with Crippen molar-refractivity contribution >= 4 is 34.7 Å². The number of nitro benzene ring substituents is 1. The van der Waals surface area contributed by atoms with E-state index in [9.17, 15) is 14.9 Å². The van der Waals surface area contributed by atoms with Gasteiger partial charge in [0.25, 0.3) is 5.69 Å². The van der Waals surface area contributed by atoms with Gasteiger partial charge < -0.3 is 5.32 Å². The van der Waals surface area contributed by atoms with Crippen LogP contribution in [0.3, 0.4) is 0 Å². The summed E-state index contributed by atoms with van der Waals surface area (Å²) in [6.45, 7) is 1.89. The number of hydrogen-bond donors (Lipinski definition) is 1. The molecule has 1 N–H and O–H groups in total. The van der Waals surface area contributed by atoms with E-state index in [0.29, 0.717) is 5.69 Å². The Balaban J connectivity index is 1.97. The van der Waals surface area contributed by atoms with E-state index in [2.05, 4.69) is 10.3 Å². The number of nitrogens with zero attached hydrogens (tertiary/aromatic N) is 2. The van der Waals surface area contributed by atoms with Crippen LogP contribution in [-0.4, -0.2) is 15.8 Å². The van der Waals surface area contributed by atoms with Gasteiger partial charge in [0.15, 0.2) is 0 Å². The summed E-state index contributed by atoms with van der Waals surface area (Å²) in [7, 11) is 0. The second-order valence-electron chi connectivity index (χ2n) is 3.92. The summed E-state index contributed by atoms with van der Waals surface area (Å²) in [5.41, 5.74) is 1.21. The first-order chi connectivity index (χ1) is 9.54. The van der Waals surface area contributed by atoms with Crippen molar-refractivity contribution in [2.75, 3.05) is 5.32 Å². The van der Waals surface area contributed by atoms with Gasteiger partial charge in [0.05, 0.1) is 15.6 Å². The minimum Gasteiger partial charge on any atom is -0.323 e. The largest absolute Gasteiger partial charge is 0.323 e. The van der Waals surface area contributed by atoms with Crippen LogP contribution in [0.2, 0.25) is 0 Å².